The maximum atomic E-state index is 12.9. The first-order chi connectivity index (χ1) is 17.2. The van der Waals surface area contributed by atoms with E-state index < -0.39 is 0 Å². The fraction of sp³-hybridized carbons (Fsp3) is 0.481. The summed E-state index contributed by atoms with van der Waals surface area (Å²) in [5, 5.41) is 22.8. The molecule has 2 atom stereocenters. The number of thiophene rings is 1. The van der Waals surface area contributed by atoms with E-state index in [1.165, 1.54) is 16.6 Å². The molecule has 1 aliphatic carbocycles. The summed E-state index contributed by atoms with van der Waals surface area (Å²) in [5.74, 6) is 2.10. The molecule has 190 valence electrons. The molecule has 1 aromatic carbocycles. The summed E-state index contributed by atoms with van der Waals surface area (Å²) in [6, 6.07) is 12.0. The normalized spacial score (nSPS) is 16.2. The molecule has 0 saturated heterocycles. The average molecular weight is 524 g/mol. The molecule has 1 amide bonds. The maximum Gasteiger partial charge on any atom is 0.235 e. The fourth-order valence-electron chi connectivity index (χ4n) is 4.58. The standard InChI is InChI=1S/C27H33N5O2S2/c1-6-32-24(17(2)34-19-10-8-7-9-11-19)30-31-26(32)35-16-23(33)29-25-21(15-28)20-13-12-18(27(3,4)5)14-22(20)36-25/h7-11,17-18H,6,12-14,16H2,1-5H3,(H,29,33). The lowest BCUT2D eigenvalue weighted by Crippen LogP contribution is -2.26. The van der Waals surface area contributed by atoms with Crippen LogP contribution in [-0.2, 0) is 24.2 Å². The van der Waals surface area contributed by atoms with Gasteiger partial charge in [0, 0.05) is 11.4 Å². The molecule has 2 heterocycles. The smallest absolute Gasteiger partial charge is 0.235 e. The van der Waals surface area contributed by atoms with Gasteiger partial charge in [-0.2, -0.15) is 5.26 Å². The van der Waals surface area contributed by atoms with E-state index in [0.29, 0.717) is 28.2 Å². The van der Waals surface area contributed by atoms with Gasteiger partial charge in [0.1, 0.15) is 16.8 Å². The van der Waals surface area contributed by atoms with Crippen LogP contribution in [-0.4, -0.2) is 26.4 Å². The average Bonchev–Trinajstić information content (AvgIpc) is 3.42. The Morgan fingerprint density at radius 2 is 2.08 bits per heavy atom. The predicted octanol–water partition coefficient (Wildman–Crippen LogP) is 6.25. The SMILES string of the molecule is CCn1c(SCC(=O)Nc2sc3c(c2C#N)CCC(C(C)(C)C)C3)nnc1C(C)Oc1ccccc1. The van der Waals surface area contributed by atoms with Crippen molar-refractivity contribution in [3.63, 3.8) is 0 Å². The Balaban J connectivity index is 1.41. The highest BCUT2D eigenvalue weighted by Gasteiger charge is 2.32. The van der Waals surface area contributed by atoms with E-state index >= 15 is 0 Å². The Morgan fingerprint density at radius 1 is 1.33 bits per heavy atom. The van der Waals surface area contributed by atoms with Gasteiger partial charge >= 0.3 is 0 Å². The third kappa shape index (κ3) is 5.76. The predicted molar refractivity (Wildman–Crippen MR) is 145 cm³/mol. The minimum absolute atomic E-state index is 0.150. The van der Waals surface area contributed by atoms with Crippen molar-refractivity contribution < 1.29 is 9.53 Å². The van der Waals surface area contributed by atoms with Crippen LogP contribution >= 0.6 is 23.1 Å². The molecular formula is C27H33N5O2S2. The van der Waals surface area contributed by atoms with Crippen molar-refractivity contribution in [3.05, 3.63) is 52.2 Å². The van der Waals surface area contributed by atoms with Gasteiger partial charge in [0.05, 0.1) is 11.3 Å². The minimum atomic E-state index is -0.282. The number of aromatic nitrogens is 3. The number of benzene rings is 1. The van der Waals surface area contributed by atoms with Crippen molar-refractivity contribution in [2.45, 2.75) is 71.7 Å². The first kappa shape index (κ1) is 26.2. The van der Waals surface area contributed by atoms with Crippen LogP contribution in [0.4, 0.5) is 5.00 Å². The summed E-state index contributed by atoms with van der Waals surface area (Å²) < 4.78 is 7.99. The monoisotopic (exact) mass is 523 g/mol. The number of fused-ring (bicyclic) bond motifs is 1. The van der Waals surface area contributed by atoms with E-state index in [0.717, 1.165) is 36.4 Å². The van der Waals surface area contributed by atoms with Gasteiger partial charge in [-0.25, -0.2) is 0 Å². The lowest BCUT2D eigenvalue weighted by Gasteiger charge is -2.33. The summed E-state index contributed by atoms with van der Waals surface area (Å²) in [4.78, 5) is 14.1. The quantitative estimate of drug-likeness (QED) is 0.351. The number of anilines is 1. The summed E-state index contributed by atoms with van der Waals surface area (Å²) in [6.07, 6.45) is 2.66. The van der Waals surface area contributed by atoms with Crippen molar-refractivity contribution in [3.8, 4) is 11.8 Å². The van der Waals surface area contributed by atoms with Gasteiger partial charge in [0.25, 0.3) is 0 Å². The number of nitrogens with one attached hydrogen (secondary N) is 1. The van der Waals surface area contributed by atoms with Crippen molar-refractivity contribution in [1.82, 2.24) is 14.8 Å². The molecule has 0 bridgehead atoms. The molecule has 7 nitrogen and oxygen atoms in total. The molecular weight excluding hydrogens is 490 g/mol. The zero-order chi connectivity index (χ0) is 25.9. The Morgan fingerprint density at radius 3 is 2.75 bits per heavy atom. The first-order valence-corrected chi connectivity index (χ1v) is 14.1. The van der Waals surface area contributed by atoms with Crippen LogP contribution < -0.4 is 10.1 Å². The second kappa shape index (κ2) is 11.1. The van der Waals surface area contributed by atoms with Crippen LogP contribution in [0, 0.1) is 22.7 Å². The van der Waals surface area contributed by atoms with Crippen LogP contribution in [0.5, 0.6) is 5.75 Å². The number of nitriles is 1. The number of ether oxygens (including phenoxy) is 1. The number of nitrogens with zero attached hydrogens (tertiary/aromatic N) is 4. The van der Waals surface area contributed by atoms with Crippen LogP contribution in [0.3, 0.4) is 0 Å². The second-order valence-electron chi connectivity index (χ2n) is 10.1. The number of carbonyl (C=O) groups excluding carboxylic acids is 1. The van der Waals surface area contributed by atoms with Crippen LogP contribution in [0.1, 0.15) is 69.0 Å². The Kier molecular flexibility index (Phi) is 8.06. The zero-order valence-electron chi connectivity index (χ0n) is 21.5. The summed E-state index contributed by atoms with van der Waals surface area (Å²) in [6.45, 7) is 11.5. The molecule has 0 radical (unpaired) electrons. The highest BCUT2D eigenvalue weighted by Crippen LogP contribution is 2.44. The molecule has 2 aromatic heterocycles. The van der Waals surface area contributed by atoms with Gasteiger partial charge in [-0.3, -0.25) is 4.79 Å². The van der Waals surface area contributed by atoms with Crippen LogP contribution in [0.25, 0.3) is 0 Å². The van der Waals surface area contributed by atoms with E-state index in [9.17, 15) is 10.1 Å². The largest absolute Gasteiger partial charge is 0.483 e. The van der Waals surface area contributed by atoms with E-state index in [1.54, 1.807) is 11.3 Å². The molecule has 1 aliphatic rings. The highest BCUT2D eigenvalue weighted by atomic mass is 32.2. The molecule has 9 heteroatoms. The van der Waals surface area contributed by atoms with Gasteiger partial charge in [-0.1, -0.05) is 50.7 Å². The lowest BCUT2D eigenvalue weighted by molar-refractivity contribution is -0.113. The summed E-state index contributed by atoms with van der Waals surface area (Å²) in [7, 11) is 0. The Hall–Kier alpha value is -2.83. The maximum absolute atomic E-state index is 12.9. The first-order valence-electron chi connectivity index (χ1n) is 12.3. The Labute approximate surface area is 221 Å². The molecule has 0 fully saturated rings. The zero-order valence-corrected chi connectivity index (χ0v) is 23.1. The van der Waals surface area contributed by atoms with E-state index in [4.69, 9.17) is 4.74 Å². The fourth-order valence-corrected chi connectivity index (χ4v) is 6.69. The number of rotatable bonds is 8. The molecule has 1 N–H and O–H groups in total. The van der Waals surface area contributed by atoms with Gasteiger partial charge in [0.2, 0.25) is 5.91 Å². The highest BCUT2D eigenvalue weighted by molar-refractivity contribution is 7.99. The number of hydrogen-bond donors (Lipinski definition) is 1. The van der Waals surface area contributed by atoms with Gasteiger partial charge in [0.15, 0.2) is 17.1 Å². The summed E-state index contributed by atoms with van der Waals surface area (Å²) in [5.41, 5.74) is 1.98. The van der Waals surface area contributed by atoms with Crippen molar-refractivity contribution >= 4 is 34.0 Å². The van der Waals surface area contributed by atoms with E-state index in [2.05, 4.69) is 42.4 Å². The lowest BCUT2D eigenvalue weighted by atomic mass is 9.72. The molecule has 3 aromatic rings. The number of para-hydroxylation sites is 1. The van der Waals surface area contributed by atoms with Gasteiger partial charge < -0.3 is 14.6 Å². The molecule has 2 unspecified atom stereocenters. The van der Waals surface area contributed by atoms with Crippen molar-refractivity contribution in [1.29, 1.82) is 5.26 Å². The van der Waals surface area contributed by atoms with Crippen LogP contribution in [0.2, 0.25) is 0 Å². The number of carbonyl (C=O) groups is 1. The summed E-state index contributed by atoms with van der Waals surface area (Å²) >= 11 is 2.90. The second-order valence-corrected chi connectivity index (χ2v) is 12.2. The third-order valence-corrected chi connectivity index (χ3v) is 8.81. The van der Waals surface area contributed by atoms with E-state index in [1.807, 2.05) is 48.7 Å². The van der Waals surface area contributed by atoms with Crippen molar-refractivity contribution in [2.75, 3.05) is 11.1 Å². The molecule has 0 aliphatic heterocycles. The van der Waals surface area contributed by atoms with Gasteiger partial charge in [-0.15, -0.1) is 21.5 Å². The van der Waals surface area contributed by atoms with E-state index in [-0.39, 0.29) is 23.2 Å². The number of amides is 1. The van der Waals surface area contributed by atoms with Gasteiger partial charge in [-0.05, 0) is 62.1 Å². The molecule has 4 rings (SSSR count). The topological polar surface area (TPSA) is 92.8 Å². The molecule has 0 saturated carbocycles. The molecule has 36 heavy (non-hydrogen) atoms. The molecule has 0 spiro atoms. The Bertz CT molecular complexity index is 1250. The van der Waals surface area contributed by atoms with Crippen LogP contribution in [0.15, 0.2) is 35.5 Å². The third-order valence-electron chi connectivity index (χ3n) is 6.67. The number of hydrogen-bond acceptors (Lipinski definition) is 7. The minimum Gasteiger partial charge on any atom is -0.483 e. The van der Waals surface area contributed by atoms with Crippen molar-refractivity contribution in [2.24, 2.45) is 11.3 Å². The number of thioether (sulfide) groups is 1.